The lowest BCUT2D eigenvalue weighted by Gasteiger charge is -2.33. The molecule has 1 aliphatic heterocycles. The van der Waals surface area contributed by atoms with Crippen molar-refractivity contribution in [3.63, 3.8) is 0 Å². The van der Waals surface area contributed by atoms with Gasteiger partial charge in [-0.25, -0.2) is 0 Å². The molecule has 9 heteroatoms. The minimum Gasteiger partial charge on any atom is -0.379 e. The number of fused-ring (bicyclic) bond motifs is 1. The average molecular weight is 493 g/mol. The first kappa shape index (κ1) is 25.8. The summed E-state index contributed by atoms with van der Waals surface area (Å²) in [6.45, 7) is 5.17. The normalized spacial score (nSPS) is 15.8. The standard InChI is InChI=1S/C24H30Cl2N4O3/c1-30-16-22(21-14-20(25)15-24(26)23(21)17-30)19-4-2-3-18(13-19)5-7-31-9-11-33-12-10-32-8-6-28-29-27/h2-4,13-15,22H,5-12,16-17H2,1H3. The van der Waals surface area contributed by atoms with Gasteiger partial charge in [-0.2, -0.15) is 0 Å². The van der Waals surface area contributed by atoms with Crippen LogP contribution in [0.2, 0.25) is 10.0 Å². The Labute approximate surface area is 205 Å². The average Bonchev–Trinajstić information content (AvgIpc) is 2.80. The lowest BCUT2D eigenvalue weighted by Crippen LogP contribution is -2.31. The zero-order chi connectivity index (χ0) is 23.5. The molecule has 0 fully saturated rings. The summed E-state index contributed by atoms with van der Waals surface area (Å²) >= 11 is 12.8. The van der Waals surface area contributed by atoms with E-state index in [-0.39, 0.29) is 5.92 Å². The SMILES string of the molecule is CN1Cc2c(Cl)cc(Cl)cc2C(c2cccc(CCOCCOCCOCCN=[N+]=[N-])c2)C1. The second kappa shape index (κ2) is 13.8. The highest BCUT2D eigenvalue weighted by atomic mass is 35.5. The molecule has 0 bridgehead atoms. The van der Waals surface area contributed by atoms with Gasteiger partial charge in [0.25, 0.3) is 0 Å². The minimum atomic E-state index is 0.234. The monoisotopic (exact) mass is 492 g/mol. The van der Waals surface area contributed by atoms with Crippen LogP contribution < -0.4 is 0 Å². The second-order valence-corrected chi connectivity index (χ2v) is 8.83. The van der Waals surface area contributed by atoms with Gasteiger partial charge in [0.1, 0.15) is 0 Å². The molecule has 3 rings (SSSR count). The highest BCUT2D eigenvalue weighted by Gasteiger charge is 2.27. The summed E-state index contributed by atoms with van der Waals surface area (Å²) in [7, 11) is 2.12. The van der Waals surface area contributed by atoms with E-state index in [1.807, 2.05) is 6.07 Å². The molecule has 0 saturated carbocycles. The number of ether oxygens (including phenoxy) is 3. The minimum absolute atomic E-state index is 0.234. The molecule has 1 heterocycles. The van der Waals surface area contributed by atoms with E-state index >= 15 is 0 Å². The molecule has 0 N–H and O–H groups in total. The smallest absolute Gasteiger partial charge is 0.0701 e. The van der Waals surface area contributed by atoms with Crippen LogP contribution in [0.3, 0.4) is 0 Å². The number of azide groups is 1. The van der Waals surface area contributed by atoms with Crippen molar-refractivity contribution < 1.29 is 14.2 Å². The van der Waals surface area contributed by atoms with Gasteiger partial charge in [0.15, 0.2) is 0 Å². The van der Waals surface area contributed by atoms with Crippen LogP contribution in [0, 0.1) is 0 Å². The third-order valence-electron chi connectivity index (χ3n) is 5.52. The lowest BCUT2D eigenvalue weighted by molar-refractivity contribution is 0.0166. The van der Waals surface area contributed by atoms with Crippen molar-refractivity contribution in [2.24, 2.45) is 5.11 Å². The van der Waals surface area contributed by atoms with Crippen molar-refractivity contribution in [2.75, 3.05) is 59.8 Å². The summed E-state index contributed by atoms with van der Waals surface area (Å²) in [5.41, 5.74) is 13.1. The molecule has 0 aromatic heterocycles. The molecule has 0 amide bonds. The first-order valence-corrected chi connectivity index (χ1v) is 11.8. The summed E-state index contributed by atoms with van der Waals surface area (Å²) < 4.78 is 16.5. The van der Waals surface area contributed by atoms with E-state index in [0.717, 1.165) is 30.1 Å². The predicted octanol–water partition coefficient (Wildman–Crippen LogP) is 5.47. The topological polar surface area (TPSA) is 79.7 Å². The molecular formula is C24H30Cl2N4O3. The van der Waals surface area contributed by atoms with E-state index in [2.05, 4.69) is 52.3 Å². The molecule has 2 aromatic carbocycles. The number of rotatable bonds is 13. The quantitative estimate of drug-likeness (QED) is 0.160. The van der Waals surface area contributed by atoms with Gasteiger partial charge in [-0.15, -0.1) is 0 Å². The van der Waals surface area contributed by atoms with Gasteiger partial charge in [-0.1, -0.05) is 52.6 Å². The van der Waals surface area contributed by atoms with Crippen molar-refractivity contribution >= 4 is 23.2 Å². The summed E-state index contributed by atoms with van der Waals surface area (Å²) in [5.74, 6) is 0.234. The number of benzene rings is 2. The second-order valence-electron chi connectivity index (χ2n) is 7.99. The zero-order valence-corrected chi connectivity index (χ0v) is 20.4. The van der Waals surface area contributed by atoms with E-state index in [0.29, 0.717) is 51.2 Å². The lowest BCUT2D eigenvalue weighted by atomic mass is 9.84. The van der Waals surface area contributed by atoms with Crippen molar-refractivity contribution in [3.05, 3.63) is 79.1 Å². The third kappa shape index (κ3) is 8.16. The molecule has 0 spiro atoms. The van der Waals surface area contributed by atoms with Gasteiger partial charge in [0, 0.05) is 40.5 Å². The van der Waals surface area contributed by atoms with Crippen LogP contribution in [-0.4, -0.2) is 64.7 Å². The first-order chi connectivity index (χ1) is 16.1. The van der Waals surface area contributed by atoms with E-state index in [1.54, 1.807) is 0 Å². The Morgan fingerprint density at radius 3 is 2.52 bits per heavy atom. The van der Waals surface area contributed by atoms with Crippen molar-refractivity contribution in [1.29, 1.82) is 0 Å². The van der Waals surface area contributed by atoms with Crippen molar-refractivity contribution in [2.45, 2.75) is 18.9 Å². The molecule has 0 aliphatic carbocycles. The molecule has 2 aromatic rings. The van der Waals surface area contributed by atoms with Gasteiger partial charge < -0.3 is 19.1 Å². The Kier molecular flexibility index (Phi) is 10.8. The van der Waals surface area contributed by atoms with Gasteiger partial charge in [-0.3, -0.25) is 0 Å². The Hall–Kier alpha value is -1.83. The fourth-order valence-electron chi connectivity index (χ4n) is 3.98. The Balaban J connectivity index is 1.43. The van der Waals surface area contributed by atoms with Gasteiger partial charge >= 0.3 is 0 Å². The molecular weight excluding hydrogens is 463 g/mol. The summed E-state index contributed by atoms with van der Waals surface area (Å²) in [5, 5.41) is 4.82. The first-order valence-electron chi connectivity index (χ1n) is 11.1. The summed E-state index contributed by atoms with van der Waals surface area (Å²) in [6.07, 6.45) is 0.835. The molecule has 0 radical (unpaired) electrons. The fraction of sp³-hybridized carbons (Fsp3) is 0.500. The third-order valence-corrected chi connectivity index (χ3v) is 6.08. The summed E-state index contributed by atoms with van der Waals surface area (Å²) in [4.78, 5) is 4.97. The largest absolute Gasteiger partial charge is 0.379 e. The van der Waals surface area contributed by atoms with Crippen LogP contribution in [0.1, 0.15) is 28.2 Å². The van der Waals surface area contributed by atoms with E-state index in [4.69, 9.17) is 42.9 Å². The van der Waals surface area contributed by atoms with Crippen LogP contribution in [0.25, 0.3) is 10.4 Å². The maximum Gasteiger partial charge on any atom is 0.0701 e. The summed E-state index contributed by atoms with van der Waals surface area (Å²) in [6, 6.07) is 12.6. The molecule has 1 atom stereocenters. The maximum absolute atomic E-state index is 8.17. The molecule has 1 aliphatic rings. The molecule has 7 nitrogen and oxygen atoms in total. The van der Waals surface area contributed by atoms with Crippen LogP contribution >= 0.6 is 23.2 Å². The molecule has 33 heavy (non-hydrogen) atoms. The zero-order valence-electron chi connectivity index (χ0n) is 18.9. The molecule has 0 saturated heterocycles. The van der Waals surface area contributed by atoms with E-state index in [1.165, 1.54) is 16.7 Å². The van der Waals surface area contributed by atoms with E-state index < -0.39 is 0 Å². The molecule has 1 unspecified atom stereocenters. The Morgan fingerprint density at radius 1 is 1.03 bits per heavy atom. The van der Waals surface area contributed by atoms with Crippen LogP contribution in [0.4, 0.5) is 0 Å². The van der Waals surface area contributed by atoms with Crippen LogP contribution in [-0.2, 0) is 27.2 Å². The predicted molar refractivity (Wildman–Crippen MR) is 131 cm³/mol. The van der Waals surface area contributed by atoms with Crippen molar-refractivity contribution in [1.82, 2.24) is 4.90 Å². The Morgan fingerprint density at radius 2 is 1.76 bits per heavy atom. The molecule has 178 valence electrons. The maximum atomic E-state index is 8.17. The highest BCUT2D eigenvalue weighted by Crippen LogP contribution is 2.38. The Bertz CT molecular complexity index is 953. The van der Waals surface area contributed by atoms with E-state index in [9.17, 15) is 0 Å². The number of halogens is 2. The van der Waals surface area contributed by atoms with Gasteiger partial charge in [0.2, 0.25) is 0 Å². The number of hydrogen-bond acceptors (Lipinski definition) is 5. The highest BCUT2D eigenvalue weighted by molar-refractivity contribution is 6.35. The number of hydrogen-bond donors (Lipinski definition) is 0. The number of likely N-dealkylation sites (N-methyl/N-ethyl adjacent to an activating group) is 1. The van der Waals surface area contributed by atoms with Crippen LogP contribution in [0.15, 0.2) is 41.5 Å². The van der Waals surface area contributed by atoms with Gasteiger partial charge in [-0.05, 0) is 53.4 Å². The van der Waals surface area contributed by atoms with Crippen molar-refractivity contribution in [3.8, 4) is 0 Å². The van der Waals surface area contributed by atoms with Crippen LogP contribution in [0.5, 0.6) is 0 Å². The van der Waals surface area contributed by atoms with Gasteiger partial charge in [0.05, 0.1) is 39.6 Å². The fourth-order valence-corrected chi connectivity index (χ4v) is 4.55. The number of nitrogens with zero attached hydrogens (tertiary/aromatic N) is 4.